The van der Waals surface area contributed by atoms with E-state index in [1.807, 2.05) is 0 Å². The normalized spacial score (nSPS) is 19.2. The van der Waals surface area contributed by atoms with Crippen LogP contribution >= 0.6 is 26.7 Å². The van der Waals surface area contributed by atoms with Gasteiger partial charge in [-0.15, -0.1) is 10.8 Å². The van der Waals surface area contributed by atoms with Gasteiger partial charge in [-0.2, -0.15) is 0 Å². The molecule has 0 aliphatic carbocycles. The molecule has 0 bridgehead atoms. The zero-order chi connectivity index (χ0) is 22.8. The minimum Gasteiger partial charge on any atom is -0.465 e. The lowest BCUT2D eigenvalue weighted by Gasteiger charge is -2.33. The number of nitrogens with one attached hydrogen (secondary N) is 3. The Morgan fingerprint density at radius 1 is 1.26 bits per heavy atom. The number of carbonyl (C=O) groups is 3. The molecule has 3 rings (SSSR count). The highest BCUT2D eigenvalue weighted by molar-refractivity contribution is 9.10. The molecule has 8 N–H and O–H groups in total. The SMILES string of the molecule is Nc1ccccc1NC(=O)[C@H](Cc1ccc(C2CC(=O)NS2(O)O)c(Br)c1)NC(=O)O. The van der Waals surface area contributed by atoms with E-state index < -0.39 is 40.0 Å². The molecule has 1 saturated heterocycles. The fourth-order valence-electron chi connectivity index (χ4n) is 3.24. The maximum absolute atomic E-state index is 12.7. The molecule has 1 unspecified atom stereocenters. The summed E-state index contributed by atoms with van der Waals surface area (Å²) in [5.74, 6) is -1.04. The van der Waals surface area contributed by atoms with Gasteiger partial charge in [0.05, 0.1) is 17.8 Å². The van der Waals surface area contributed by atoms with Gasteiger partial charge < -0.3 is 21.5 Å². The standard InChI is InChI=1S/C19H21BrN4O6S/c20-12-7-10(5-6-11(12)16-9-17(25)24-31(16,29)30)8-15(23-19(27)28)18(26)22-14-4-2-1-3-13(14)21/h1-7,15-16,23,29-30H,8-9,21H2,(H,22,26)(H,24,25)(H,27,28)/t15-,16?/m0/s1. The number of amides is 3. The molecule has 0 spiro atoms. The molecular formula is C19H21BrN4O6S. The molecule has 3 amide bonds. The molecule has 0 radical (unpaired) electrons. The third kappa shape index (κ3) is 5.47. The molecule has 12 heteroatoms. The lowest BCUT2D eigenvalue weighted by Crippen LogP contribution is -2.44. The number of nitrogen functional groups attached to an aromatic ring is 1. The zero-order valence-corrected chi connectivity index (χ0v) is 18.4. The van der Waals surface area contributed by atoms with Crippen molar-refractivity contribution in [3.8, 4) is 0 Å². The van der Waals surface area contributed by atoms with Crippen molar-refractivity contribution >= 4 is 56.0 Å². The van der Waals surface area contributed by atoms with Crippen LogP contribution in [0.15, 0.2) is 46.9 Å². The van der Waals surface area contributed by atoms with Gasteiger partial charge in [-0.25, -0.2) is 4.79 Å². The van der Waals surface area contributed by atoms with E-state index in [1.54, 1.807) is 42.5 Å². The number of rotatable bonds is 6. The van der Waals surface area contributed by atoms with Gasteiger partial charge >= 0.3 is 6.09 Å². The first-order valence-electron chi connectivity index (χ1n) is 9.07. The van der Waals surface area contributed by atoms with Gasteiger partial charge in [-0.1, -0.05) is 40.2 Å². The van der Waals surface area contributed by atoms with Gasteiger partial charge in [-0.3, -0.25) is 23.4 Å². The number of carboxylic acid groups (broad SMARTS) is 1. The van der Waals surface area contributed by atoms with Crippen LogP contribution in [0, 0.1) is 0 Å². The average Bonchev–Trinajstić information content (AvgIpc) is 2.94. The number of carbonyl (C=O) groups excluding carboxylic acids is 2. The highest BCUT2D eigenvalue weighted by atomic mass is 79.9. The Bertz CT molecular complexity index is 1030. The Balaban J connectivity index is 1.79. The van der Waals surface area contributed by atoms with Crippen LogP contribution in [0.25, 0.3) is 0 Å². The second kappa shape index (κ2) is 9.14. The number of nitrogens with two attached hydrogens (primary N) is 1. The summed E-state index contributed by atoms with van der Waals surface area (Å²) in [6.45, 7) is 0. The van der Waals surface area contributed by atoms with Crippen molar-refractivity contribution in [3.63, 3.8) is 0 Å². The predicted octanol–water partition coefficient (Wildman–Crippen LogP) is 3.08. The second-order valence-corrected chi connectivity index (χ2v) is 9.76. The van der Waals surface area contributed by atoms with Gasteiger partial charge in [0.15, 0.2) is 0 Å². The molecule has 1 aliphatic rings. The largest absolute Gasteiger partial charge is 0.465 e. The highest BCUT2D eigenvalue weighted by Crippen LogP contribution is 2.57. The summed E-state index contributed by atoms with van der Waals surface area (Å²) in [6.07, 6.45) is -1.40. The third-order valence-corrected chi connectivity index (χ3v) is 7.14. The number of anilines is 2. The summed E-state index contributed by atoms with van der Waals surface area (Å²) in [5.41, 5.74) is 7.66. The van der Waals surface area contributed by atoms with Gasteiger partial charge in [0.1, 0.15) is 11.3 Å². The highest BCUT2D eigenvalue weighted by Gasteiger charge is 2.39. The van der Waals surface area contributed by atoms with E-state index in [1.165, 1.54) is 0 Å². The van der Waals surface area contributed by atoms with Crippen LogP contribution in [0.5, 0.6) is 0 Å². The van der Waals surface area contributed by atoms with Crippen molar-refractivity contribution in [3.05, 3.63) is 58.1 Å². The first kappa shape index (κ1) is 22.9. The van der Waals surface area contributed by atoms with Crippen LogP contribution in [0.2, 0.25) is 0 Å². The van der Waals surface area contributed by atoms with Crippen LogP contribution in [-0.4, -0.2) is 38.2 Å². The van der Waals surface area contributed by atoms with Crippen LogP contribution in [0.3, 0.4) is 0 Å². The van der Waals surface area contributed by atoms with E-state index in [-0.39, 0.29) is 12.8 Å². The smallest absolute Gasteiger partial charge is 0.405 e. The fourth-order valence-corrected chi connectivity index (χ4v) is 5.59. The van der Waals surface area contributed by atoms with Crippen molar-refractivity contribution in [2.45, 2.75) is 24.1 Å². The predicted molar refractivity (Wildman–Crippen MR) is 121 cm³/mol. The van der Waals surface area contributed by atoms with Crippen molar-refractivity contribution in [1.29, 1.82) is 0 Å². The summed E-state index contributed by atoms with van der Waals surface area (Å²) >= 11 is 3.37. The summed E-state index contributed by atoms with van der Waals surface area (Å²) in [7, 11) is -3.31. The molecule has 166 valence electrons. The lowest BCUT2D eigenvalue weighted by molar-refractivity contribution is -0.119. The van der Waals surface area contributed by atoms with Crippen molar-refractivity contribution in [2.24, 2.45) is 0 Å². The first-order chi connectivity index (χ1) is 14.6. The fraction of sp³-hybridized carbons (Fsp3) is 0.211. The average molecular weight is 513 g/mol. The molecule has 2 aromatic rings. The molecule has 0 saturated carbocycles. The Kier molecular flexibility index (Phi) is 6.74. The van der Waals surface area contributed by atoms with E-state index in [0.717, 1.165) is 0 Å². The van der Waals surface area contributed by atoms with Gasteiger partial charge in [0, 0.05) is 10.9 Å². The van der Waals surface area contributed by atoms with E-state index in [2.05, 4.69) is 31.3 Å². The zero-order valence-electron chi connectivity index (χ0n) is 16.0. The second-order valence-electron chi connectivity index (χ2n) is 6.95. The van der Waals surface area contributed by atoms with Crippen molar-refractivity contribution in [1.82, 2.24) is 10.0 Å². The number of para-hydroxylation sites is 2. The molecule has 0 aromatic heterocycles. The van der Waals surface area contributed by atoms with Gasteiger partial charge in [0.2, 0.25) is 11.8 Å². The number of hydrogen-bond donors (Lipinski definition) is 7. The Morgan fingerprint density at radius 3 is 2.55 bits per heavy atom. The third-order valence-electron chi connectivity index (χ3n) is 4.72. The molecule has 2 atom stereocenters. The topological polar surface area (TPSA) is 174 Å². The molecule has 1 fully saturated rings. The van der Waals surface area contributed by atoms with Crippen LogP contribution in [0.1, 0.15) is 22.8 Å². The number of hydrogen-bond acceptors (Lipinski definition) is 6. The minimum absolute atomic E-state index is 0.0296. The van der Waals surface area contributed by atoms with Crippen molar-refractivity contribution in [2.75, 3.05) is 11.1 Å². The van der Waals surface area contributed by atoms with Crippen molar-refractivity contribution < 1.29 is 28.6 Å². The summed E-state index contributed by atoms with van der Waals surface area (Å²) < 4.78 is 22.9. The molecule has 1 heterocycles. The van der Waals surface area contributed by atoms with E-state index in [4.69, 9.17) is 10.8 Å². The summed E-state index contributed by atoms with van der Waals surface area (Å²) in [5, 5.41) is 13.1. The Labute approximate surface area is 187 Å². The van der Waals surface area contributed by atoms with Gasteiger partial charge in [0.25, 0.3) is 0 Å². The van der Waals surface area contributed by atoms with Crippen LogP contribution in [-0.2, 0) is 16.0 Å². The Morgan fingerprint density at radius 2 is 1.97 bits per heavy atom. The molecule has 1 aliphatic heterocycles. The Hall–Kier alpha value is -2.80. The number of benzene rings is 2. The van der Waals surface area contributed by atoms with Crippen LogP contribution in [0.4, 0.5) is 16.2 Å². The van der Waals surface area contributed by atoms with E-state index >= 15 is 0 Å². The molecule has 10 nitrogen and oxygen atoms in total. The number of halogens is 1. The monoisotopic (exact) mass is 512 g/mol. The quantitative estimate of drug-likeness (QED) is 0.291. The van der Waals surface area contributed by atoms with E-state index in [9.17, 15) is 23.5 Å². The summed E-state index contributed by atoms with van der Waals surface area (Å²) in [6, 6.07) is 10.4. The molecule has 2 aromatic carbocycles. The van der Waals surface area contributed by atoms with Crippen LogP contribution < -0.4 is 21.1 Å². The summed E-state index contributed by atoms with van der Waals surface area (Å²) in [4.78, 5) is 35.5. The lowest BCUT2D eigenvalue weighted by atomic mass is 10.0. The van der Waals surface area contributed by atoms with Gasteiger partial charge in [-0.05, 0) is 29.3 Å². The molecule has 31 heavy (non-hydrogen) atoms. The minimum atomic E-state index is -3.31. The molecular weight excluding hydrogens is 492 g/mol. The first-order valence-corrected chi connectivity index (χ1v) is 11.5. The maximum atomic E-state index is 12.7. The maximum Gasteiger partial charge on any atom is 0.405 e. The van der Waals surface area contributed by atoms with E-state index in [0.29, 0.717) is 27.0 Å².